The van der Waals surface area contributed by atoms with Gasteiger partial charge in [-0.25, -0.2) is 8.42 Å². The van der Waals surface area contributed by atoms with Crippen LogP contribution in [0.5, 0.6) is 0 Å². The molecule has 126 valence electrons. The van der Waals surface area contributed by atoms with Gasteiger partial charge in [-0.2, -0.15) is 0 Å². The topological polar surface area (TPSA) is 61.8 Å². The Morgan fingerprint density at radius 2 is 2.09 bits per heavy atom. The molecule has 0 saturated carbocycles. The summed E-state index contributed by atoms with van der Waals surface area (Å²) in [6.45, 7) is 4.99. The molecule has 0 unspecified atom stereocenters. The van der Waals surface area contributed by atoms with Crippen LogP contribution in [0.4, 0.5) is 0 Å². The molecule has 0 bridgehead atoms. The Balaban J connectivity index is 2.05. The van der Waals surface area contributed by atoms with Gasteiger partial charge in [0, 0.05) is 13.2 Å². The van der Waals surface area contributed by atoms with Crippen molar-refractivity contribution in [1.82, 2.24) is 0 Å². The van der Waals surface area contributed by atoms with Crippen LogP contribution in [0.1, 0.15) is 46.0 Å². The van der Waals surface area contributed by atoms with Crippen LogP contribution in [0.2, 0.25) is 0 Å². The first kappa shape index (κ1) is 16.4. The predicted octanol–water partition coefficient (Wildman–Crippen LogP) is 2.21. The first-order valence-electron chi connectivity index (χ1n) is 8.26. The Kier molecular flexibility index (Phi) is 4.40. The van der Waals surface area contributed by atoms with Crippen molar-refractivity contribution in [2.75, 3.05) is 19.0 Å². The van der Waals surface area contributed by atoms with E-state index in [0.717, 1.165) is 19.3 Å². The Hall–Kier alpha value is -0.430. The fraction of sp³-hybridized carbons (Fsp3) is 0.875. The van der Waals surface area contributed by atoms with Gasteiger partial charge in [-0.15, -0.1) is 0 Å². The van der Waals surface area contributed by atoms with Crippen LogP contribution < -0.4 is 0 Å². The first-order chi connectivity index (χ1) is 10.4. The Morgan fingerprint density at radius 3 is 2.86 bits per heavy atom. The van der Waals surface area contributed by atoms with Gasteiger partial charge in [-0.1, -0.05) is 19.1 Å². The maximum atomic E-state index is 12.9. The molecule has 0 aromatic carbocycles. The molecule has 0 aromatic rings. The van der Waals surface area contributed by atoms with Crippen molar-refractivity contribution in [3.05, 3.63) is 12.2 Å². The Morgan fingerprint density at radius 1 is 1.27 bits per heavy atom. The van der Waals surface area contributed by atoms with E-state index < -0.39 is 26.5 Å². The molecule has 0 amide bonds. The number of rotatable bonds is 2. The van der Waals surface area contributed by atoms with E-state index in [1.807, 2.05) is 19.1 Å². The molecular formula is C16H26O5S. The third kappa shape index (κ3) is 2.54. The third-order valence-electron chi connectivity index (χ3n) is 5.21. The highest BCUT2D eigenvalue weighted by Crippen LogP contribution is 2.43. The number of fused-ring (bicyclic) bond motifs is 2. The zero-order chi connectivity index (χ0) is 15.8. The molecule has 3 rings (SSSR count). The van der Waals surface area contributed by atoms with Crippen molar-refractivity contribution in [3.8, 4) is 0 Å². The summed E-state index contributed by atoms with van der Waals surface area (Å²) in [6, 6.07) is 0. The maximum Gasteiger partial charge on any atom is 0.198 e. The largest absolute Gasteiger partial charge is 0.372 e. The second-order valence-corrected chi connectivity index (χ2v) is 9.15. The van der Waals surface area contributed by atoms with Crippen molar-refractivity contribution in [1.29, 1.82) is 0 Å². The molecule has 3 aliphatic heterocycles. The zero-order valence-corrected chi connectivity index (χ0v) is 14.2. The van der Waals surface area contributed by atoms with E-state index in [1.165, 1.54) is 0 Å². The average molecular weight is 330 g/mol. The van der Waals surface area contributed by atoms with Gasteiger partial charge in [0.15, 0.2) is 14.8 Å². The van der Waals surface area contributed by atoms with Crippen LogP contribution in [0, 0.1) is 0 Å². The minimum atomic E-state index is -3.41. The van der Waals surface area contributed by atoms with E-state index in [2.05, 4.69) is 0 Å². The van der Waals surface area contributed by atoms with E-state index in [-0.39, 0.29) is 11.9 Å². The van der Waals surface area contributed by atoms with Crippen molar-refractivity contribution in [2.45, 2.75) is 68.7 Å². The highest BCUT2D eigenvalue weighted by Gasteiger charge is 2.56. The summed E-state index contributed by atoms with van der Waals surface area (Å²) >= 11 is 0. The number of hydrogen-bond acceptors (Lipinski definition) is 5. The molecule has 0 radical (unpaired) electrons. The monoisotopic (exact) mass is 330 g/mol. The Bertz CT molecular complexity index is 543. The van der Waals surface area contributed by atoms with Crippen LogP contribution in [0.25, 0.3) is 0 Å². The molecule has 2 fully saturated rings. The standard InChI is InChI=1S/C16H26O5S/c1-3-22(17,18)16-10-6-11-19-14(16)7-4-9-15(2)13(21-16)8-5-12-20-15/h4,7,13-14H,3,5-6,8-12H2,1-2H3/b7-4-/t13-,14-,15+,16-/m1/s1. The van der Waals surface area contributed by atoms with Gasteiger partial charge in [-0.05, 0) is 39.0 Å². The molecule has 0 spiro atoms. The molecule has 0 N–H and O–H groups in total. The quantitative estimate of drug-likeness (QED) is 0.727. The summed E-state index contributed by atoms with van der Waals surface area (Å²) in [5, 5.41) is 0. The molecule has 0 aromatic heterocycles. The van der Waals surface area contributed by atoms with Crippen LogP contribution in [-0.2, 0) is 24.0 Å². The fourth-order valence-electron chi connectivity index (χ4n) is 3.79. The molecule has 6 heteroatoms. The molecule has 0 aliphatic carbocycles. The average Bonchev–Trinajstić information content (AvgIpc) is 2.49. The van der Waals surface area contributed by atoms with E-state index in [0.29, 0.717) is 26.1 Å². The molecule has 4 atom stereocenters. The number of sulfone groups is 1. The normalized spacial score (nSPS) is 44.3. The van der Waals surface area contributed by atoms with Crippen LogP contribution in [0.15, 0.2) is 12.2 Å². The lowest BCUT2D eigenvalue weighted by molar-refractivity contribution is -0.221. The predicted molar refractivity (Wildman–Crippen MR) is 83.4 cm³/mol. The van der Waals surface area contributed by atoms with Crippen LogP contribution in [-0.4, -0.2) is 50.1 Å². The van der Waals surface area contributed by atoms with E-state index in [4.69, 9.17) is 14.2 Å². The maximum absolute atomic E-state index is 12.9. The van der Waals surface area contributed by atoms with Gasteiger partial charge < -0.3 is 14.2 Å². The summed E-state index contributed by atoms with van der Waals surface area (Å²) in [5.41, 5.74) is -0.451. The summed E-state index contributed by atoms with van der Waals surface area (Å²) in [5.74, 6) is 0.0605. The number of ether oxygens (including phenoxy) is 3. The highest BCUT2D eigenvalue weighted by molar-refractivity contribution is 7.92. The highest BCUT2D eigenvalue weighted by atomic mass is 32.2. The molecule has 22 heavy (non-hydrogen) atoms. The second kappa shape index (κ2) is 5.89. The van der Waals surface area contributed by atoms with Gasteiger partial charge in [0.05, 0.1) is 17.5 Å². The summed E-state index contributed by atoms with van der Waals surface area (Å²) in [7, 11) is -3.41. The van der Waals surface area contributed by atoms with Crippen molar-refractivity contribution < 1.29 is 22.6 Å². The minimum absolute atomic E-state index is 0.0605. The van der Waals surface area contributed by atoms with E-state index in [1.54, 1.807) is 6.92 Å². The van der Waals surface area contributed by atoms with Gasteiger partial charge in [0.2, 0.25) is 0 Å². The molecule has 2 saturated heterocycles. The van der Waals surface area contributed by atoms with Crippen LogP contribution >= 0.6 is 0 Å². The third-order valence-corrected chi connectivity index (χ3v) is 7.55. The molecular weight excluding hydrogens is 304 g/mol. The summed E-state index contributed by atoms with van der Waals surface area (Å²) < 4.78 is 43.9. The van der Waals surface area contributed by atoms with E-state index in [9.17, 15) is 8.42 Å². The summed E-state index contributed by atoms with van der Waals surface area (Å²) in [6.07, 6.45) is 6.80. The molecule has 3 heterocycles. The summed E-state index contributed by atoms with van der Waals surface area (Å²) in [4.78, 5) is -1.26. The molecule has 5 nitrogen and oxygen atoms in total. The first-order valence-corrected chi connectivity index (χ1v) is 9.91. The SMILES string of the molecule is CCS(=O)(=O)[C@]12CCCO[C@@H]1/C=C\C[C@]1(C)OCCC[C@H]1O2. The van der Waals surface area contributed by atoms with Gasteiger partial charge >= 0.3 is 0 Å². The van der Waals surface area contributed by atoms with E-state index >= 15 is 0 Å². The molecule has 3 aliphatic rings. The second-order valence-electron chi connectivity index (χ2n) is 6.65. The lowest BCUT2D eigenvalue weighted by atomic mass is 9.86. The number of hydrogen-bond donors (Lipinski definition) is 0. The van der Waals surface area contributed by atoms with Crippen molar-refractivity contribution in [3.63, 3.8) is 0 Å². The lowest BCUT2D eigenvalue weighted by Gasteiger charge is -2.50. The fourth-order valence-corrected chi connectivity index (χ4v) is 5.50. The van der Waals surface area contributed by atoms with Gasteiger partial charge in [0.25, 0.3) is 0 Å². The zero-order valence-electron chi connectivity index (χ0n) is 13.4. The minimum Gasteiger partial charge on any atom is -0.372 e. The Labute approximate surface area is 132 Å². The smallest absolute Gasteiger partial charge is 0.198 e. The van der Waals surface area contributed by atoms with Crippen molar-refractivity contribution in [2.24, 2.45) is 0 Å². The van der Waals surface area contributed by atoms with Gasteiger partial charge in [-0.3, -0.25) is 0 Å². The van der Waals surface area contributed by atoms with Gasteiger partial charge in [0.1, 0.15) is 6.10 Å². The lowest BCUT2D eigenvalue weighted by Crippen LogP contribution is -2.61. The van der Waals surface area contributed by atoms with Crippen LogP contribution in [0.3, 0.4) is 0 Å². The van der Waals surface area contributed by atoms with Crippen molar-refractivity contribution >= 4 is 9.84 Å².